The molecule has 0 unspecified atom stereocenters. The molecule has 2 rings (SSSR count). The number of benzene rings is 2. The minimum absolute atomic E-state index is 0.405. The topological polar surface area (TPSA) is 38.3 Å². The second-order valence-electron chi connectivity index (χ2n) is 4.02. The van der Waals surface area contributed by atoms with E-state index in [9.17, 15) is 4.79 Å². The molecule has 0 aromatic heterocycles. The van der Waals surface area contributed by atoms with Crippen molar-refractivity contribution in [3.8, 4) is 0 Å². The standard InChI is InChI=1S/C15H14ClNO2/c1-19-15(18)13-9-12(16)7-8-14(13)17-10-11-5-3-2-4-6-11/h2-9,17H,10H2,1H3. The highest BCUT2D eigenvalue weighted by molar-refractivity contribution is 6.31. The minimum Gasteiger partial charge on any atom is -0.465 e. The van der Waals surface area contributed by atoms with Gasteiger partial charge in [0.15, 0.2) is 0 Å². The summed E-state index contributed by atoms with van der Waals surface area (Å²) in [6, 6.07) is 15.0. The zero-order chi connectivity index (χ0) is 13.7. The van der Waals surface area contributed by atoms with Gasteiger partial charge in [-0.25, -0.2) is 4.79 Å². The van der Waals surface area contributed by atoms with Gasteiger partial charge in [0.2, 0.25) is 0 Å². The maximum atomic E-state index is 11.7. The van der Waals surface area contributed by atoms with E-state index in [4.69, 9.17) is 16.3 Å². The lowest BCUT2D eigenvalue weighted by atomic mass is 10.1. The molecule has 0 heterocycles. The first kappa shape index (κ1) is 13.4. The Labute approximate surface area is 117 Å². The number of rotatable bonds is 4. The summed E-state index contributed by atoms with van der Waals surface area (Å²) in [6.45, 7) is 0.631. The molecule has 0 bridgehead atoms. The number of methoxy groups -OCH3 is 1. The Kier molecular flexibility index (Phi) is 4.42. The van der Waals surface area contributed by atoms with Crippen molar-refractivity contribution in [3.05, 3.63) is 64.7 Å². The van der Waals surface area contributed by atoms with Gasteiger partial charge in [0, 0.05) is 17.3 Å². The molecule has 0 saturated carbocycles. The fraction of sp³-hybridized carbons (Fsp3) is 0.133. The smallest absolute Gasteiger partial charge is 0.340 e. The molecule has 0 aliphatic carbocycles. The number of esters is 1. The Morgan fingerprint density at radius 2 is 1.95 bits per heavy atom. The Balaban J connectivity index is 2.18. The molecule has 98 valence electrons. The summed E-state index contributed by atoms with van der Waals surface area (Å²) in [4.78, 5) is 11.7. The molecular weight excluding hydrogens is 262 g/mol. The minimum atomic E-state index is -0.405. The van der Waals surface area contributed by atoms with Crippen LogP contribution in [0, 0.1) is 0 Å². The Bertz CT molecular complexity index is 570. The van der Waals surface area contributed by atoms with Crippen LogP contribution in [0.15, 0.2) is 48.5 Å². The van der Waals surface area contributed by atoms with Crippen LogP contribution in [-0.4, -0.2) is 13.1 Å². The fourth-order valence-electron chi connectivity index (χ4n) is 1.74. The maximum Gasteiger partial charge on any atom is 0.340 e. The molecule has 3 nitrogen and oxygen atoms in total. The van der Waals surface area contributed by atoms with Gasteiger partial charge in [0.05, 0.1) is 12.7 Å². The largest absolute Gasteiger partial charge is 0.465 e. The van der Waals surface area contributed by atoms with Crippen LogP contribution in [0.1, 0.15) is 15.9 Å². The van der Waals surface area contributed by atoms with E-state index in [1.807, 2.05) is 30.3 Å². The number of hydrogen-bond acceptors (Lipinski definition) is 3. The summed E-state index contributed by atoms with van der Waals surface area (Å²) >= 11 is 5.90. The van der Waals surface area contributed by atoms with E-state index in [1.54, 1.807) is 18.2 Å². The van der Waals surface area contributed by atoms with Crippen LogP contribution in [0.3, 0.4) is 0 Å². The van der Waals surface area contributed by atoms with Crippen LogP contribution in [-0.2, 0) is 11.3 Å². The highest BCUT2D eigenvalue weighted by Crippen LogP contribution is 2.22. The van der Waals surface area contributed by atoms with E-state index in [-0.39, 0.29) is 0 Å². The average Bonchev–Trinajstić information content (AvgIpc) is 2.46. The predicted octanol–water partition coefficient (Wildman–Crippen LogP) is 3.74. The van der Waals surface area contributed by atoms with Gasteiger partial charge < -0.3 is 10.1 Å². The van der Waals surface area contributed by atoms with Crippen LogP contribution in [0.4, 0.5) is 5.69 Å². The van der Waals surface area contributed by atoms with Crippen LogP contribution < -0.4 is 5.32 Å². The zero-order valence-electron chi connectivity index (χ0n) is 10.5. The number of anilines is 1. The van der Waals surface area contributed by atoms with Crippen LogP contribution in [0.2, 0.25) is 5.02 Å². The van der Waals surface area contributed by atoms with Crippen molar-refractivity contribution in [3.63, 3.8) is 0 Å². The van der Waals surface area contributed by atoms with Gasteiger partial charge in [-0.2, -0.15) is 0 Å². The van der Waals surface area contributed by atoms with Crippen molar-refractivity contribution in [2.75, 3.05) is 12.4 Å². The number of halogens is 1. The molecule has 19 heavy (non-hydrogen) atoms. The van der Waals surface area contributed by atoms with E-state index in [1.165, 1.54) is 7.11 Å². The van der Waals surface area contributed by atoms with Crippen LogP contribution >= 0.6 is 11.6 Å². The van der Waals surface area contributed by atoms with Crippen LogP contribution in [0.5, 0.6) is 0 Å². The Hall–Kier alpha value is -2.00. The summed E-state index contributed by atoms with van der Waals surface area (Å²) in [5, 5.41) is 3.72. The number of ether oxygens (including phenoxy) is 1. The number of carbonyl (C=O) groups is 1. The van der Waals surface area contributed by atoms with Gasteiger partial charge in [-0.3, -0.25) is 0 Å². The summed E-state index contributed by atoms with van der Waals surface area (Å²) in [6.07, 6.45) is 0. The number of hydrogen-bond donors (Lipinski definition) is 1. The molecular formula is C15H14ClNO2. The normalized spacial score (nSPS) is 10.0. The third-order valence-electron chi connectivity index (χ3n) is 2.71. The van der Waals surface area contributed by atoms with Crippen molar-refractivity contribution in [2.24, 2.45) is 0 Å². The fourth-order valence-corrected chi connectivity index (χ4v) is 1.91. The predicted molar refractivity (Wildman–Crippen MR) is 76.6 cm³/mol. The quantitative estimate of drug-likeness (QED) is 0.864. The van der Waals surface area contributed by atoms with E-state index in [2.05, 4.69) is 5.32 Å². The van der Waals surface area contributed by atoms with Crippen molar-refractivity contribution in [1.82, 2.24) is 0 Å². The van der Waals surface area contributed by atoms with Crippen molar-refractivity contribution in [1.29, 1.82) is 0 Å². The molecule has 0 aliphatic heterocycles. The lowest BCUT2D eigenvalue weighted by molar-refractivity contribution is 0.0602. The van der Waals surface area contributed by atoms with Gasteiger partial charge in [0.25, 0.3) is 0 Å². The molecule has 1 N–H and O–H groups in total. The molecule has 0 fully saturated rings. The molecule has 0 saturated heterocycles. The van der Waals surface area contributed by atoms with E-state index in [0.29, 0.717) is 22.8 Å². The third kappa shape index (κ3) is 3.48. The Morgan fingerprint density at radius 3 is 2.63 bits per heavy atom. The summed E-state index contributed by atoms with van der Waals surface area (Å²) < 4.78 is 4.75. The second-order valence-corrected chi connectivity index (χ2v) is 4.46. The molecule has 0 spiro atoms. The molecule has 0 radical (unpaired) electrons. The summed E-state index contributed by atoms with van der Waals surface area (Å²) in [7, 11) is 1.35. The maximum absolute atomic E-state index is 11.7. The second kappa shape index (κ2) is 6.25. The molecule has 4 heteroatoms. The van der Waals surface area contributed by atoms with Gasteiger partial charge >= 0.3 is 5.97 Å². The lowest BCUT2D eigenvalue weighted by Crippen LogP contribution is -2.08. The molecule has 0 aliphatic rings. The third-order valence-corrected chi connectivity index (χ3v) is 2.95. The van der Waals surface area contributed by atoms with E-state index >= 15 is 0 Å². The SMILES string of the molecule is COC(=O)c1cc(Cl)ccc1NCc1ccccc1. The van der Waals surface area contributed by atoms with Gasteiger partial charge in [-0.05, 0) is 23.8 Å². The van der Waals surface area contributed by atoms with Gasteiger partial charge in [-0.15, -0.1) is 0 Å². The van der Waals surface area contributed by atoms with Gasteiger partial charge in [-0.1, -0.05) is 41.9 Å². The van der Waals surface area contributed by atoms with Crippen molar-refractivity contribution in [2.45, 2.75) is 6.54 Å². The first-order chi connectivity index (χ1) is 9.20. The van der Waals surface area contributed by atoms with Crippen LogP contribution in [0.25, 0.3) is 0 Å². The highest BCUT2D eigenvalue weighted by atomic mass is 35.5. The Morgan fingerprint density at radius 1 is 1.21 bits per heavy atom. The monoisotopic (exact) mass is 275 g/mol. The average molecular weight is 276 g/mol. The molecule has 0 atom stereocenters. The highest BCUT2D eigenvalue weighted by Gasteiger charge is 2.12. The first-order valence-electron chi connectivity index (χ1n) is 5.86. The zero-order valence-corrected chi connectivity index (χ0v) is 11.3. The van der Waals surface area contributed by atoms with Gasteiger partial charge in [0.1, 0.15) is 0 Å². The number of nitrogens with one attached hydrogen (secondary N) is 1. The molecule has 2 aromatic carbocycles. The summed E-state index contributed by atoms with van der Waals surface area (Å²) in [5.74, 6) is -0.405. The van der Waals surface area contributed by atoms with E-state index < -0.39 is 5.97 Å². The van der Waals surface area contributed by atoms with Crippen molar-refractivity contribution >= 4 is 23.3 Å². The number of carbonyl (C=O) groups excluding carboxylic acids is 1. The summed E-state index contributed by atoms with van der Waals surface area (Å²) in [5.41, 5.74) is 2.28. The molecule has 0 amide bonds. The van der Waals surface area contributed by atoms with Crippen molar-refractivity contribution < 1.29 is 9.53 Å². The van der Waals surface area contributed by atoms with E-state index in [0.717, 1.165) is 5.56 Å². The lowest BCUT2D eigenvalue weighted by Gasteiger charge is -2.11. The molecule has 2 aromatic rings. The first-order valence-corrected chi connectivity index (χ1v) is 6.24.